The molecule has 0 heterocycles. The number of nitrogens with zero attached hydrogens (tertiary/aromatic N) is 1. The molecule has 3 N–H and O–H groups in total. The third-order valence-corrected chi connectivity index (χ3v) is 6.27. The van der Waals surface area contributed by atoms with Gasteiger partial charge in [0.05, 0.1) is 14.2 Å². The summed E-state index contributed by atoms with van der Waals surface area (Å²) in [6, 6.07) is 10.8. The summed E-state index contributed by atoms with van der Waals surface area (Å²) >= 11 is 0. The van der Waals surface area contributed by atoms with Gasteiger partial charge in [-0.1, -0.05) is 59.1 Å². The molecule has 0 aliphatic heterocycles. The molecular formula is C28H41N3O4. The second-order valence-electron chi connectivity index (χ2n) is 9.93. The van der Waals surface area contributed by atoms with Crippen LogP contribution in [0.1, 0.15) is 76.8 Å². The van der Waals surface area contributed by atoms with E-state index in [1.807, 2.05) is 36.4 Å². The number of rotatable bonds is 11. The number of ether oxygens (including phenoxy) is 2. The highest BCUT2D eigenvalue weighted by molar-refractivity contribution is 5.95. The minimum Gasteiger partial charge on any atom is -0.497 e. The molecule has 0 radical (unpaired) electrons. The summed E-state index contributed by atoms with van der Waals surface area (Å²) in [5.41, 5.74) is 8.54. The van der Waals surface area contributed by atoms with Crippen molar-refractivity contribution < 1.29 is 19.1 Å². The zero-order chi connectivity index (χ0) is 26.2. The Morgan fingerprint density at radius 1 is 1.06 bits per heavy atom. The molecule has 0 spiro atoms. The number of hydrogen-bond donors (Lipinski definition) is 2. The summed E-state index contributed by atoms with van der Waals surface area (Å²) in [4.78, 5) is 26.4. The van der Waals surface area contributed by atoms with Crippen LogP contribution in [0.15, 0.2) is 36.4 Å². The van der Waals surface area contributed by atoms with Gasteiger partial charge in [-0.15, -0.1) is 0 Å². The maximum Gasteiger partial charge on any atom is 0.318 e. The smallest absolute Gasteiger partial charge is 0.318 e. The maximum absolute atomic E-state index is 13.4. The Hall–Kier alpha value is -3.22. The van der Waals surface area contributed by atoms with Crippen molar-refractivity contribution in [3.05, 3.63) is 47.5 Å². The molecule has 0 aliphatic carbocycles. The fourth-order valence-electron chi connectivity index (χ4n) is 4.21. The largest absolute Gasteiger partial charge is 0.497 e. The van der Waals surface area contributed by atoms with Gasteiger partial charge in [-0.25, -0.2) is 4.79 Å². The molecule has 2 rings (SSSR count). The van der Waals surface area contributed by atoms with Crippen LogP contribution < -0.4 is 25.4 Å². The van der Waals surface area contributed by atoms with Crippen LogP contribution in [0.3, 0.4) is 0 Å². The van der Waals surface area contributed by atoms with Crippen molar-refractivity contribution in [1.82, 2.24) is 0 Å². The van der Waals surface area contributed by atoms with E-state index in [1.54, 1.807) is 21.3 Å². The Bertz CT molecular complexity index is 1010. The van der Waals surface area contributed by atoms with Crippen molar-refractivity contribution in [2.24, 2.45) is 5.73 Å². The molecule has 2 aromatic rings. The topological polar surface area (TPSA) is 93.9 Å². The first kappa shape index (κ1) is 28.0. The standard InChI is InChI=1S/C28H41N3O4/c1-8-9-10-11-19(22-14-13-21(34-6)18-25(22)35-7)16-26(32)30-24-17-20(31(5)27(29)33)12-15-23(24)28(2,3)4/h12-15,17-19H,8-11,16H2,1-7H3,(H2,29,33)(H,30,32). The summed E-state index contributed by atoms with van der Waals surface area (Å²) in [6.45, 7) is 8.43. The zero-order valence-electron chi connectivity index (χ0n) is 22.2. The fourth-order valence-corrected chi connectivity index (χ4v) is 4.21. The Morgan fingerprint density at radius 3 is 2.34 bits per heavy atom. The first-order valence-electron chi connectivity index (χ1n) is 12.2. The second kappa shape index (κ2) is 12.5. The molecule has 192 valence electrons. The summed E-state index contributed by atoms with van der Waals surface area (Å²) in [5.74, 6) is 1.34. The molecule has 0 fully saturated rings. The number of anilines is 2. The van der Waals surface area contributed by atoms with Gasteiger partial charge in [0.25, 0.3) is 0 Å². The van der Waals surface area contributed by atoms with Gasteiger partial charge in [-0.2, -0.15) is 0 Å². The number of benzene rings is 2. The van der Waals surface area contributed by atoms with Crippen LogP contribution in [0.5, 0.6) is 11.5 Å². The maximum atomic E-state index is 13.4. The number of unbranched alkanes of at least 4 members (excludes halogenated alkanes) is 2. The summed E-state index contributed by atoms with van der Waals surface area (Å²) < 4.78 is 11.0. The number of hydrogen-bond acceptors (Lipinski definition) is 4. The average Bonchev–Trinajstić information content (AvgIpc) is 2.81. The van der Waals surface area contributed by atoms with E-state index >= 15 is 0 Å². The van der Waals surface area contributed by atoms with Gasteiger partial charge >= 0.3 is 6.03 Å². The number of primary amides is 1. The summed E-state index contributed by atoms with van der Waals surface area (Å²) in [7, 11) is 4.87. The van der Waals surface area contributed by atoms with E-state index in [-0.39, 0.29) is 17.2 Å². The van der Waals surface area contributed by atoms with E-state index in [1.165, 1.54) is 4.90 Å². The molecular weight excluding hydrogens is 442 g/mol. The first-order chi connectivity index (χ1) is 16.5. The third-order valence-electron chi connectivity index (χ3n) is 6.27. The first-order valence-corrected chi connectivity index (χ1v) is 12.2. The highest BCUT2D eigenvalue weighted by Crippen LogP contribution is 2.37. The molecule has 3 amide bonds. The molecule has 7 nitrogen and oxygen atoms in total. The number of urea groups is 1. The minimum absolute atomic E-state index is 0.00281. The van der Waals surface area contributed by atoms with Crippen molar-refractivity contribution in [3.8, 4) is 11.5 Å². The number of nitrogens with two attached hydrogens (primary N) is 1. The molecule has 2 aromatic carbocycles. The van der Waals surface area contributed by atoms with Crippen molar-refractivity contribution in [3.63, 3.8) is 0 Å². The lowest BCUT2D eigenvalue weighted by Crippen LogP contribution is -2.32. The number of carbonyl (C=O) groups excluding carboxylic acids is 2. The van der Waals surface area contributed by atoms with E-state index in [2.05, 4.69) is 33.0 Å². The van der Waals surface area contributed by atoms with E-state index in [0.29, 0.717) is 23.5 Å². The summed E-state index contributed by atoms with van der Waals surface area (Å²) in [6.07, 6.45) is 4.42. The van der Waals surface area contributed by atoms with E-state index in [9.17, 15) is 9.59 Å². The van der Waals surface area contributed by atoms with E-state index < -0.39 is 6.03 Å². The molecule has 0 saturated carbocycles. The third kappa shape index (κ3) is 7.64. The Morgan fingerprint density at radius 2 is 1.77 bits per heavy atom. The Balaban J connectivity index is 2.37. The highest BCUT2D eigenvalue weighted by Gasteiger charge is 2.24. The molecule has 1 unspecified atom stereocenters. The van der Waals surface area contributed by atoms with Gasteiger partial charge in [0, 0.05) is 30.9 Å². The molecule has 7 heteroatoms. The normalized spacial score (nSPS) is 12.1. The van der Waals surface area contributed by atoms with Crippen molar-refractivity contribution in [2.75, 3.05) is 31.5 Å². The van der Waals surface area contributed by atoms with Gasteiger partial charge in [-0.05, 0) is 47.1 Å². The van der Waals surface area contributed by atoms with E-state index in [0.717, 1.165) is 42.6 Å². The van der Waals surface area contributed by atoms with Gasteiger partial charge in [0.2, 0.25) is 5.91 Å². The van der Waals surface area contributed by atoms with Gasteiger partial charge in [0.1, 0.15) is 11.5 Å². The number of nitrogens with one attached hydrogen (secondary N) is 1. The number of carbonyl (C=O) groups is 2. The van der Waals surface area contributed by atoms with Crippen molar-refractivity contribution in [2.45, 2.75) is 71.1 Å². The predicted octanol–water partition coefficient (Wildman–Crippen LogP) is 6.21. The van der Waals surface area contributed by atoms with Gasteiger partial charge < -0.3 is 20.5 Å². The monoisotopic (exact) mass is 483 g/mol. The zero-order valence-corrected chi connectivity index (χ0v) is 22.2. The number of amides is 3. The molecule has 0 aliphatic rings. The SMILES string of the molecule is CCCCCC(CC(=O)Nc1cc(N(C)C(N)=O)ccc1C(C)(C)C)c1ccc(OC)cc1OC. The predicted molar refractivity (Wildman–Crippen MR) is 143 cm³/mol. The van der Waals surface area contributed by atoms with Gasteiger partial charge in [0.15, 0.2) is 0 Å². The van der Waals surface area contributed by atoms with Crippen LogP contribution in [-0.2, 0) is 10.2 Å². The summed E-state index contributed by atoms with van der Waals surface area (Å²) in [5, 5.41) is 3.12. The highest BCUT2D eigenvalue weighted by atomic mass is 16.5. The second-order valence-corrected chi connectivity index (χ2v) is 9.93. The molecule has 0 aromatic heterocycles. The lowest BCUT2D eigenvalue weighted by atomic mass is 9.85. The van der Waals surface area contributed by atoms with Crippen molar-refractivity contribution >= 4 is 23.3 Å². The average molecular weight is 484 g/mol. The lowest BCUT2D eigenvalue weighted by molar-refractivity contribution is -0.116. The van der Waals surface area contributed by atoms with Crippen LogP contribution in [0.2, 0.25) is 0 Å². The molecule has 0 bridgehead atoms. The molecule has 0 saturated heterocycles. The van der Waals surface area contributed by atoms with E-state index in [4.69, 9.17) is 15.2 Å². The minimum atomic E-state index is -0.562. The molecule has 35 heavy (non-hydrogen) atoms. The Kier molecular flexibility index (Phi) is 9.99. The van der Waals surface area contributed by atoms with Crippen molar-refractivity contribution in [1.29, 1.82) is 0 Å². The lowest BCUT2D eigenvalue weighted by Gasteiger charge is -2.26. The molecule has 1 atom stereocenters. The van der Waals surface area contributed by atoms with Crippen LogP contribution in [-0.4, -0.2) is 33.2 Å². The fraction of sp³-hybridized carbons (Fsp3) is 0.500. The van der Waals surface area contributed by atoms with Crippen LogP contribution in [0.4, 0.5) is 16.2 Å². The quantitative estimate of drug-likeness (QED) is 0.372. The van der Waals surface area contributed by atoms with Crippen LogP contribution in [0.25, 0.3) is 0 Å². The van der Waals surface area contributed by atoms with Crippen LogP contribution >= 0.6 is 0 Å². The van der Waals surface area contributed by atoms with Gasteiger partial charge in [-0.3, -0.25) is 9.69 Å². The van der Waals surface area contributed by atoms with Crippen LogP contribution in [0, 0.1) is 0 Å². The Labute approximate surface area is 210 Å². The number of methoxy groups -OCH3 is 2.